The molecule has 218 valence electrons. The first kappa shape index (κ1) is 28.6. The van der Waals surface area contributed by atoms with Crippen LogP contribution < -0.4 is 9.64 Å². The monoisotopic (exact) mass is 574 g/mol. The van der Waals surface area contributed by atoms with E-state index in [1.807, 2.05) is 4.90 Å². The van der Waals surface area contributed by atoms with Crippen LogP contribution in [0.5, 0.6) is 11.8 Å². The number of phenols is 1. The zero-order valence-corrected chi connectivity index (χ0v) is 21.8. The molecule has 0 aliphatic carbocycles. The Morgan fingerprint density at radius 1 is 1.15 bits per heavy atom. The average Bonchev–Trinajstić information content (AvgIpc) is 3.22. The van der Waals surface area contributed by atoms with Gasteiger partial charge in [0.2, 0.25) is 5.90 Å². The molecule has 1 fully saturated rings. The van der Waals surface area contributed by atoms with Crippen molar-refractivity contribution in [3.05, 3.63) is 52.5 Å². The number of aliphatic hydroxyl groups is 5. The van der Waals surface area contributed by atoms with Crippen LogP contribution in [-0.2, 0) is 10.5 Å². The number of nitrogens with zero attached hydrogens (tertiary/aromatic N) is 3. The summed E-state index contributed by atoms with van der Waals surface area (Å²) in [5.41, 5.74) is -2.05. The number of benzene rings is 2. The molecule has 7 N–H and O–H groups in total. The number of aromatic nitrogens is 2. The number of fused-ring (bicyclic) bond motifs is 4. The highest BCUT2D eigenvalue weighted by Gasteiger charge is 2.51. The summed E-state index contributed by atoms with van der Waals surface area (Å²) in [5.74, 6) is -11.3. The third-order valence-electron chi connectivity index (χ3n) is 7.26. The number of ether oxygens (including phenoxy) is 2. The fourth-order valence-corrected chi connectivity index (χ4v) is 5.28. The number of rotatable bonds is 5. The van der Waals surface area contributed by atoms with Gasteiger partial charge in [-0.1, -0.05) is 18.9 Å². The molecular weight excluding hydrogens is 546 g/mol. The SMILES string of the molecule is COc1nc(/C(F)=C/c2cc(O)cc3ccc(F)c(C(O)(O)C(O)(O)O)c23)c2c(n1)N1CCCCCC1COC2=N. The van der Waals surface area contributed by atoms with Crippen molar-refractivity contribution in [1.82, 2.24) is 9.97 Å². The van der Waals surface area contributed by atoms with Gasteiger partial charge in [-0.15, -0.1) is 0 Å². The lowest BCUT2D eigenvalue weighted by molar-refractivity contribution is -0.454. The molecule has 14 heteroatoms. The maximum absolute atomic E-state index is 16.3. The molecule has 5 rings (SSSR count). The first-order valence-electron chi connectivity index (χ1n) is 12.7. The quantitative estimate of drug-likeness (QED) is 0.220. The standard InChI is InChI=1S/C27H28F2N4O8/c1-40-25-31-22(20-23(30)41-12-15-5-3-2-4-8-33(15)24(20)32-25)18(29)11-14-10-16(34)9-13-6-7-17(28)21(19(13)14)26(35,36)27(37,38)39/h6-7,9-11,15,30,34-39H,2-5,8,12H2,1H3/b18-11-,30-23?. The van der Waals surface area contributed by atoms with Gasteiger partial charge >= 0.3 is 12.0 Å². The Morgan fingerprint density at radius 3 is 2.61 bits per heavy atom. The topological polar surface area (TPSA) is 193 Å². The van der Waals surface area contributed by atoms with Gasteiger partial charge in [-0.3, -0.25) is 5.41 Å². The van der Waals surface area contributed by atoms with Crippen LogP contribution in [0.15, 0.2) is 24.3 Å². The minimum Gasteiger partial charge on any atom is -0.508 e. The average molecular weight is 575 g/mol. The molecular formula is C27H28F2N4O8. The van der Waals surface area contributed by atoms with Gasteiger partial charge in [0, 0.05) is 11.9 Å². The minimum absolute atomic E-state index is 0.0697. The maximum Gasteiger partial charge on any atom is 0.337 e. The Morgan fingerprint density at radius 2 is 1.90 bits per heavy atom. The highest BCUT2D eigenvalue weighted by Crippen LogP contribution is 2.41. The van der Waals surface area contributed by atoms with Crippen LogP contribution in [0.4, 0.5) is 14.6 Å². The summed E-state index contributed by atoms with van der Waals surface area (Å²) in [7, 11) is 1.29. The van der Waals surface area contributed by atoms with Gasteiger partial charge < -0.3 is 45.0 Å². The van der Waals surface area contributed by atoms with Crippen molar-refractivity contribution in [2.75, 3.05) is 25.2 Å². The normalized spacial score (nSPS) is 18.3. The summed E-state index contributed by atoms with van der Waals surface area (Å²) < 4.78 is 42.1. The van der Waals surface area contributed by atoms with E-state index >= 15 is 4.39 Å². The number of aromatic hydroxyl groups is 1. The van der Waals surface area contributed by atoms with E-state index in [-0.39, 0.29) is 41.0 Å². The number of methoxy groups -OCH3 is 1. The third-order valence-corrected chi connectivity index (χ3v) is 7.26. The van der Waals surface area contributed by atoms with E-state index in [9.17, 15) is 35.0 Å². The van der Waals surface area contributed by atoms with Crippen molar-refractivity contribution in [2.24, 2.45) is 0 Å². The lowest BCUT2D eigenvalue weighted by Crippen LogP contribution is -2.52. The lowest BCUT2D eigenvalue weighted by atomic mass is 9.91. The second-order valence-corrected chi connectivity index (χ2v) is 9.95. The molecule has 3 aromatic rings. The molecule has 1 unspecified atom stereocenters. The molecule has 0 spiro atoms. The Balaban J connectivity index is 1.77. The molecule has 1 atom stereocenters. The summed E-state index contributed by atoms with van der Waals surface area (Å²) in [6, 6.07) is 3.56. The van der Waals surface area contributed by atoms with Crippen LogP contribution in [0.2, 0.25) is 0 Å². The molecule has 1 saturated heterocycles. The van der Waals surface area contributed by atoms with E-state index in [2.05, 4.69) is 9.97 Å². The Bertz CT molecular complexity index is 1560. The predicted octanol–water partition coefficient (Wildman–Crippen LogP) is 1.82. The lowest BCUT2D eigenvalue weighted by Gasteiger charge is -2.31. The summed E-state index contributed by atoms with van der Waals surface area (Å²) in [4.78, 5) is 10.4. The number of nitrogens with one attached hydrogen (secondary N) is 1. The van der Waals surface area contributed by atoms with Crippen molar-refractivity contribution in [3.8, 4) is 11.8 Å². The summed E-state index contributed by atoms with van der Waals surface area (Å²) >= 11 is 0. The Labute approximate surface area is 231 Å². The van der Waals surface area contributed by atoms with Crippen LogP contribution in [-0.4, -0.2) is 78.8 Å². The number of hydrogen-bond donors (Lipinski definition) is 7. The zero-order valence-electron chi connectivity index (χ0n) is 21.8. The van der Waals surface area contributed by atoms with E-state index in [4.69, 9.17) is 14.9 Å². The summed E-state index contributed by atoms with van der Waals surface area (Å²) in [5, 5.41) is 67.8. The molecule has 12 nitrogen and oxygen atoms in total. The Kier molecular flexibility index (Phi) is 7.29. The molecule has 2 aromatic carbocycles. The van der Waals surface area contributed by atoms with Crippen LogP contribution in [0.25, 0.3) is 22.7 Å². The van der Waals surface area contributed by atoms with Gasteiger partial charge in [0.1, 0.15) is 35.2 Å². The molecule has 0 radical (unpaired) electrons. The van der Waals surface area contributed by atoms with Gasteiger partial charge in [0.05, 0.1) is 18.7 Å². The first-order valence-corrected chi connectivity index (χ1v) is 12.7. The van der Waals surface area contributed by atoms with E-state index in [1.165, 1.54) is 7.11 Å². The van der Waals surface area contributed by atoms with Gasteiger partial charge in [-0.2, -0.15) is 9.97 Å². The largest absolute Gasteiger partial charge is 0.508 e. The number of anilines is 1. The van der Waals surface area contributed by atoms with E-state index < -0.39 is 51.7 Å². The van der Waals surface area contributed by atoms with E-state index in [1.54, 1.807) is 0 Å². The number of phenolic OH excluding ortho intramolecular Hbond substituents is 1. The van der Waals surface area contributed by atoms with Crippen molar-refractivity contribution in [2.45, 2.75) is 43.5 Å². The van der Waals surface area contributed by atoms with Gasteiger partial charge in [-0.25, -0.2) is 8.78 Å². The second kappa shape index (κ2) is 10.5. The molecule has 1 aromatic heterocycles. The zero-order chi connectivity index (χ0) is 29.7. The fourth-order valence-electron chi connectivity index (χ4n) is 5.28. The number of hydrogen-bond acceptors (Lipinski definition) is 12. The van der Waals surface area contributed by atoms with Gasteiger partial charge in [0.15, 0.2) is 5.83 Å². The van der Waals surface area contributed by atoms with Gasteiger partial charge in [-0.05, 0) is 48.1 Å². The van der Waals surface area contributed by atoms with Crippen molar-refractivity contribution in [3.63, 3.8) is 0 Å². The van der Waals surface area contributed by atoms with Crippen LogP contribution >= 0.6 is 0 Å². The molecule has 2 aliphatic rings. The van der Waals surface area contributed by atoms with Crippen LogP contribution in [0.1, 0.15) is 48.1 Å². The maximum atomic E-state index is 16.3. The van der Waals surface area contributed by atoms with E-state index in [0.717, 1.165) is 56.0 Å². The predicted molar refractivity (Wildman–Crippen MR) is 141 cm³/mol. The summed E-state index contributed by atoms with van der Waals surface area (Å²) in [6.45, 7) is 0.738. The molecule has 41 heavy (non-hydrogen) atoms. The highest BCUT2D eigenvalue weighted by molar-refractivity contribution is 6.04. The molecule has 3 heterocycles. The van der Waals surface area contributed by atoms with E-state index in [0.29, 0.717) is 6.54 Å². The number of halogens is 2. The smallest absolute Gasteiger partial charge is 0.337 e. The van der Waals surface area contributed by atoms with Crippen molar-refractivity contribution >= 4 is 34.4 Å². The fraction of sp³-hybridized carbons (Fsp3) is 0.370. The first-order chi connectivity index (χ1) is 19.3. The van der Waals surface area contributed by atoms with Crippen LogP contribution in [0, 0.1) is 11.2 Å². The second-order valence-electron chi connectivity index (χ2n) is 9.95. The Hall–Kier alpha value is -3.95. The highest BCUT2D eigenvalue weighted by atomic mass is 19.1. The molecule has 2 aliphatic heterocycles. The molecule has 0 amide bonds. The van der Waals surface area contributed by atoms with Gasteiger partial charge in [0.25, 0.3) is 5.79 Å². The van der Waals surface area contributed by atoms with Crippen LogP contribution in [0.3, 0.4) is 0 Å². The molecule has 0 saturated carbocycles. The van der Waals surface area contributed by atoms with Crippen molar-refractivity contribution < 1.29 is 48.9 Å². The minimum atomic E-state index is -4.23. The molecule has 0 bridgehead atoms. The summed E-state index contributed by atoms with van der Waals surface area (Å²) in [6.07, 6.45) is 4.28. The van der Waals surface area contributed by atoms with Crippen molar-refractivity contribution in [1.29, 1.82) is 5.41 Å². The third kappa shape index (κ3) is 5.04.